The number of aliphatic hydroxyl groups excluding tert-OH is 2. The Bertz CT molecular complexity index is 278. The third kappa shape index (κ3) is 2.32. The second kappa shape index (κ2) is 4.41. The lowest BCUT2D eigenvalue weighted by Gasteiger charge is -2.09. The monoisotopic (exact) mass is 298 g/mol. The van der Waals surface area contributed by atoms with Gasteiger partial charge in [0.1, 0.15) is 6.10 Å². The first-order valence-electron chi connectivity index (χ1n) is 3.39. The van der Waals surface area contributed by atoms with Crippen molar-refractivity contribution in [3.63, 3.8) is 0 Å². The van der Waals surface area contributed by atoms with Crippen molar-refractivity contribution in [1.82, 2.24) is 0 Å². The predicted molar refractivity (Wildman–Crippen MR) is 56.2 cm³/mol. The average Bonchev–Trinajstić information content (AvgIpc) is 2.08. The van der Waals surface area contributed by atoms with E-state index in [1.54, 1.807) is 12.1 Å². The molecule has 0 heterocycles. The summed E-state index contributed by atoms with van der Waals surface area (Å²) in [6, 6.07) is 5.30. The molecule has 1 aromatic carbocycles. The smallest absolute Gasteiger partial charge is 0.103 e. The Kier molecular flexibility index (Phi) is 3.77. The van der Waals surface area contributed by atoms with Gasteiger partial charge in [-0.2, -0.15) is 0 Å². The highest BCUT2D eigenvalue weighted by molar-refractivity contribution is 14.1. The number of benzene rings is 1. The summed E-state index contributed by atoms with van der Waals surface area (Å²) in [6.07, 6.45) is -0.882. The molecule has 2 N–H and O–H groups in total. The van der Waals surface area contributed by atoms with Crippen molar-refractivity contribution in [1.29, 1.82) is 0 Å². The summed E-state index contributed by atoms with van der Waals surface area (Å²) in [5, 5.41) is 18.5. The highest BCUT2D eigenvalue weighted by Gasteiger charge is 2.09. The third-order valence-corrected chi connectivity index (χ3v) is 2.51. The van der Waals surface area contributed by atoms with Crippen LogP contribution in [0.25, 0.3) is 0 Å². The van der Waals surface area contributed by atoms with Gasteiger partial charge in [-0.1, -0.05) is 11.6 Å². The minimum absolute atomic E-state index is 0.306. The first-order chi connectivity index (χ1) is 5.65. The van der Waals surface area contributed by atoms with Crippen molar-refractivity contribution in [2.24, 2.45) is 0 Å². The zero-order chi connectivity index (χ0) is 9.14. The van der Waals surface area contributed by atoms with Crippen LogP contribution in [0.15, 0.2) is 18.2 Å². The Hall–Kier alpha value is 0.160. The molecule has 1 atom stereocenters. The Morgan fingerprint density at radius 2 is 2.17 bits per heavy atom. The number of hydrogen-bond acceptors (Lipinski definition) is 2. The highest BCUT2D eigenvalue weighted by atomic mass is 127. The van der Waals surface area contributed by atoms with Gasteiger partial charge in [0, 0.05) is 14.2 Å². The lowest BCUT2D eigenvalue weighted by atomic mass is 10.1. The molecule has 1 aromatic rings. The molecule has 0 aliphatic rings. The molecule has 0 unspecified atom stereocenters. The van der Waals surface area contributed by atoms with E-state index >= 15 is 0 Å². The van der Waals surface area contributed by atoms with Crippen LogP contribution < -0.4 is 0 Å². The van der Waals surface area contributed by atoms with Gasteiger partial charge in [-0.05, 0) is 40.8 Å². The molecule has 0 fully saturated rings. The first-order valence-corrected chi connectivity index (χ1v) is 4.84. The maximum Gasteiger partial charge on any atom is 0.103 e. The summed E-state index contributed by atoms with van der Waals surface area (Å²) >= 11 is 7.92. The summed E-state index contributed by atoms with van der Waals surface area (Å²) in [5.41, 5.74) is 0.575. The summed E-state index contributed by atoms with van der Waals surface area (Å²) in [5.74, 6) is 0. The largest absolute Gasteiger partial charge is 0.393 e. The van der Waals surface area contributed by atoms with Gasteiger partial charge in [0.05, 0.1) is 6.61 Å². The Morgan fingerprint density at radius 3 is 2.75 bits per heavy atom. The maximum atomic E-state index is 9.30. The van der Waals surface area contributed by atoms with Crippen LogP contribution in [0.4, 0.5) is 0 Å². The standard InChI is InChI=1S/C8H8ClIO2/c9-7-2-1-5(10)3-6(7)8(12)4-11/h1-3,8,11-12H,4H2/t8-/m1/s1. The third-order valence-electron chi connectivity index (χ3n) is 1.49. The normalized spacial score (nSPS) is 13.0. The number of halogens is 2. The van der Waals surface area contributed by atoms with Crippen LogP contribution in [0.3, 0.4) is 0 Å². The molecule has 0 aliphatic heterocycles. The van der Waals surface area contributed by atoms with Crippen molar-refractivity contribution in [2.45, 2.75) is 6.10 Å². The minimum Gasteiger partial charge on any atom is -0.393 e. The molecule has 2 nitrogen and oxygen atoms in total. The van der Waals surface area contributed by atoms with E-state index in [2.05, 4.69) is 22.6 Å². The molecule has 66 valence electrons. The number of rotatable bonds is 2. The van der Waals surface area contributed by atoms with Gasteiger partial charge in [0.25, 0.3) is 0 Å². The second-order valence-electron chi connectivity index (χ2n) is 2.36. The van der Waals surface area contributed by atoms with E-state index in [-0.39, 0.29) is 6.61 Å². The summed E-state index contributed by atoms with van der Waals surface area (Å²) in [4.78, 5) is 0. The maximum absolute atomic E-state index is 9.30. The molecule has 0 aliphatic carbocycles. The highest BCUT2D eigenvalue weighted by Crippen LogP contribution is 2.24. The SMILES string of the molecule is OC[C@@H](O)c1cc(I)ccc1Cl. The number of aliphatic hydroxyl groups is 2. The van der Waals surface area contributed by atoms with Gasteiger partial charge in [-0.15, -0.1) is 0 Å². The van der Waals surface area contributed by atoms with Crippen LogP contribution in [0.1, 0.15) is 11.7 Å². The van der Waals surface area contributed by atoms with Gasteiger partial charge < -0.3 is 10.2 Å². The first kappa shape index (κ1) is 10.2. The molecule has 0 spiro atoms. The van der Waals surface area contributed by atoms with E-state index in [4.69, 9.17) is 16.7 Å². The summed E-state index contributed by atoms with van der Waals surface area (Å²) in [7, 11) is 0. The molecule has 0 aromatic heterocycles. The van der Waals surface area contributed by atoms with Crippen LogP contribution >= 0.6 is 34.2 Å². The van der Waals surface area contributed by atoms with E-state index in [1.807, 2.05) is 6.07 Å². The van der Waals surface area contributed by atoms with Gasteiger partial charge in [-0.25, -0.2) is 0 Å². The molecule has 4 heteroatoms. The van der Waals surface area contributed by atoms with Gasteiger partial charge >= 0.3 is 0 Å². The van der Waals surface area contributed by atoms with Crippen molar-refractivity contribution in [3.8, 4) is 0 Å². The van der Waals surface area contributed by atoms with Gasteiger partial charge in [0.15, 0.2) is 0 Å². The average molecular weight is 299 g/mol. The Morgan fingerprint density at radius 1 is 1.50 bits per heavy atom. The zero-order valence-corrected chi connectivity index (χ0v) is 9.08. The fourth-order valence-corrected chi connectivity index (χ4v) is 1.63. The molecule has 0 saturated heterocycles. The van der Waals surface area contributed by atoms with Crippen LogP contribution in [-0.4, -0.2) is 16.8 Å². The van der Waals surface area contributed by atoms with Crippen molar-refractivity contribution in [2.75, 3.05) is 6.61 Å². The van der Waals surface area contributed by atoms with Crippen LogP contribution in [0.2, 0.25) is 5.02 Å². The zero-order valence-electron chi connectivity index (χ0n) is 6.17. The van der Waals surface area contributed by atoms with Crippen molar-refractivity contribution < 1.29 is 10.2 Å². The fourth-order valence-electron chi connectivity index (χ4n) is 0.868. The molecule has 0 radical (unpaired) electrons. The topological polar surface area (TPSA) is 40.5 Å². The lowest BCUT2D eigenvalue weighted by Crippen LogP contribution is -2.03. The summed E-state index contributed by atoms with van der Waals surface area (Å²) < 4.78 is 0.986. The van der Waals surface area contributed by atoms with Crippen molar-refractivity contribution >= 4 is 34.2 Å². The molecule has 0 amide bonds. The van der Waals surface area contributed by atoms with E-state index in [1.165, 1.54) is 0 Å². The second-order valence-corrected chi connectivity index (χ2v) is 4.02. The Balaban J connectivity index is 3.04. The van der Waals surface area contributed by atoms with Crippen LogP contribution in [-0.2, 0) is 0 Å². The quantitative estimate of drug-likeness (QED) is 0.820. The van der Waals surface area contributed by atoms with Gasteiger partial charge in [-0.3, -0.25) is 0 Å². The fraction of sp³-hybridized carbons (Fsp3) is 0.250. The molecular formula is C8H8ClIO2. The van der Waals surface area contributed by atoms with Crippen molar-refractivity contribution in [3.05, 3.63) is 32.4 Å². The predicted octanol–water partition coefficient (Wildman–Crippen LogP) is 1.97. The Labute approximate surface area is 89.3 Å². The van der Waals surface area contributed by atoms with Gasteiger partial charge in [0.2, 0.25) is 0 Å². The number of hydrogen-bond donors (Lipinski definition) is 2. The molecule has 12 heavy (non-hydrogen) atoms. The van der Waals surface area contributed by atoms with Crippen LogP contribution in [0, 0.1) is 3.57 Å². The van der Waals surface area contributed by atoms with E-state index in [9.17, 15) is 5.11 Å². The van der Waals surface area contributed by atoms with Crippen LogP contribution in [0.5, 0.6) is 0 Å². The molecule has 0 bridgehead atoms. The summed E-state index contributed by atoms with van der Waals surface area (Å²) in [6.45, 7) is -0.306. The molecular weight excluding hydrogens is 290 g/mol. The molecule has 0 saturated carbocycles. The lowest BCUT2D eigenvalue weighted by molar-refractivity contribution is 0.0956. The molecule has 1 rings (SSSR count). The van der Waals surface area contributed by atoms with E-state index in [0.717, 1.165) is 3.57 Å². The minimum atomic E-state index is -0.882. The van der Waals surface area contributed by atoms with E-state index in [0.29, 0.717) is 10.6 Å². The van der Waals surface area contributed by atoms with E-state index < -0.39 is 6.10 Å².